The van der Waals surface area contributed by atoms with Gasteiger partial charge in [-0.3, -0.25) is 9.78 Å². The molecule has 116 valence electrons. The van der Waals surface area contributed by atoms with Crippen LogP contribution in [0.1, 0.15) is 43.6 Å². The molecule has 1 saturated carbocycles. The fraction of sp³-hybridized carbons (Fsp3) is 0.625. The van der Waals surface area contributed by atoms with E-state index in [-0.39, 0.29) is 5.91 Å². The van der Waals surface area contributed by atoms with E-state index in [0.717, 1.165) is 5.69 Å². The van der Waals surface area contributed by atoms with Crippen molar-refractivity contribution in [3.63, 3.8) is 0 Å². The van der Waals surface area contributed by atoms with E-state index in [1.807, 2.05) is 37.7 Å². The fourth-order valence-electron chi connectivity index (χ4n) is 2.90. The van der Waals surface area contributed by atoms with Crippen LogP contribution in [0, 0.1) is 0 Å². The van der Waals surface area contributed by atoms with Crippen molar-refractivity contribution in [3.05, 3.63) is 24.0 Å². The Morgan fingerprint density at radius 3 is 2.86 bits per heavy atom. The van der Waals surface area contributed by atoms with Gasteiger partial charge in [-0.05, 0) is 45.1 Å². The first kappa shape index (κ1) is 16.1. The lowest BCUT2D eigenvalue weighted by Gasteiger charge is -2.21. The summed E-state index contributed by atoms with van der Waals surface area (Å²) >= 11 is 1.93. The van der Waals surface area contributed by atoms with Gasteiger partial charge in [0.1, 0.15) is 5.69 Å². The molecule has 1 aromatic rings. The monoisotopic (exact) mass is 307 g/mol. The molecule has 1 amide bonds. The van der Waals surface area contributed by atoms with Gasteiger partial charge >= 0.3 is 0 Å². The molecule has 21 heavy (non-hydrogen) atoms. The largest absolute Gasteiger partial charge is 0.381 e. The maximum atomic E-state index is 12.3. The first-order chi connectivity index (χ1) is 10.2. The lowest BCUT2D eigenvalue weighted by Crippen LogP contribution is -2.31. The van der Waals surface area contributed by atoms with Crippen LogP contribution >= 0.6 is 11.8 Å². The van der Waals surface area contributed by atoms with Gasteiger partial charge in [-0.1, -0.05) is 6.42 Å². The molecule has 0 aromatic carbocycles. The molecule has 1 fully saturated rings. The van der Waals surface area contributed by atoms with E-state index in [9.17, 15) is 4.79 Å². The minimum absolute atomic E-state index is 0.0106. The summed E-state index contributed by atoms with van der Waals surface area (Å²) in [4.78, 5) is 18.4. The molecule has 0 spiro atoms. The summed E-state index contributed by atoms with van der Waals surface area (Å²) in [6.45, 7) is 5.41. The normalized spacial score (nSPS) is 21.3. The van der Waals surface area contributed by atoms with Gasteiger partial charge in [0.2, 0.25) is 0 Å². The van der Waals surface area contributed by atoms with Crippen LogP contribution in [-0.4, -0.2) is 46.4 Å². The molecule has 2 atom stereocenters. The van der Waals surface area contributed by atoms with Crippen LogP contribution in [0.4, 0.5) is 5.69 Å². The third-order valence-corrected chi connectivity index (χ3v) is 5.31. The van der Waals surface area contributed by atoms with Crippen molar-refractivity contribution < 1.29 is 4.79 Å². The molecule has 2 rings (SSSR count). The number of rotatable bonds is 6. The van der Waals surface area contributed by atoms with Crippen LogP contribution in [0.15, 0.2) is 18.3 Å². The van der Waals surface area contributed by atoms with E-state index in [1.165, 1.54) is 19.3 Å². The summed E-state index contributed by atoms with van der Waals surface area (Å²) in [5.74, 6) is 0.0106. The molecule has 1 aromatic heterocycles. The fourth-order valence-corrected chi connectivity index (χ4v) is 3.83. The van der Waals surface area contributed by atoms with E-state index < -0.39 is 0 Å². The second-order valence-corrected chi connectivity index (χ2v) is 6.44. The summed E-state index contributed by atoms with van der Waals surface area (Å²) in [5, 5.41) is 4.25. The number of pyridine rings is 1. The van der Waals surface area contributed by atoms with Crippen molar-refractivity contribution in [2.75, 3.05) is 24.7 Å². The number of hydrogen-bond donors (Lipinski definition) is 1. The topological polar surface area (TPSA) is 45.2 Å². The standard InChI is InChI=1S/C16H25N3OS/c1-4-19(5-2)16(20)14-11-12(9-10-17-14)18-13-7-6-8-15(13)21-3/h9-11,13,15H,4-8H2,1-3H3,(H,17,18). The molecule has 2 unspecified atom stereocenters. The summed E-state index contributed by atoms with van der Waals surface area (Å²) in [6, 6.07) is 4.34. The molecule has 1 N–H and O–H groups in total. The number of aromatic nitrogens is 1. The SMILES string of the molecule is CCN(CC)C(=O)c1cc(NC2CCCC2SC)ccn1. The molecule has 0 saturated heterocycles. The predicted molar refractivity (Wildman–Crippen MR) is 90.1 cm³/mol. The lowest BCUT2D eigenvalue weighted by molar-refractivity contribution is 0.0767. The van der Waals surface area contributed by atoms with Crippen LogP contribution in [0.3, 0.4) is 0 Å². The van der Waals surface area contributed by atoms with Crippen LogP contribution < -0.4 is 5.32 Å². The first-order valence-electron chi connectivity index (χ1n) is 7.74. The number of carbonyl (C=O) groups excluding carboxylic acids is 1. The number of carbonyl (C=O) groups is 1. The highest BCUT2D eigenvalue weighted by Gasteiger charge is 2.26. The minimum Gasteiger partial charge on any atom is -0.381 e. The average Bonchev–Trinajstić information content (AvgIpc) is 2.96. The number of anilines is 1. The van der Waals surface area contributed by atoms with Gasteiger partial charge in [-0.2, -0.15) is 11.8 Å². The van der Waals surface area contributed by atoms with Crippen molar-refractivity contribution in [3.8, 4) is 0 Å². The number of thioether (sulfide) groups is 1. The number of hydrogen-bond acceptors (Lipinski definition) is 4. The highest BCUT2D eigenvalue weighted by atomic mass is 32.2. The van der Waals surface area contributed by atoms with Crippen LogP contribution in [0.5, 0.6) is 0 Å². The van der Waals surface area contributed by atoms with Gasteiger partial charge in [0.05, 0.1) is 0 Å². The summed E-state index contributed by atoms with van der Waals surface area (Å²) < 4.78 is 0. The Balaban J connectivity index is 2.09. The van der Waals surface area contributed by atoms with E-state index in [0.29, 0.717) is 30.1 Å². The van der Waals surface area contributed by atoms with Crippen molar-refractivity contribution in [2.24, 2.45) is 0 Å². The Labute approximate surface area is 131 Å². The molecule has 0 radical (unpaired) electrons. The quantitative estimate of drug-likeness (QED) is 0.876. The Morgan fingerprint density at radius 1 is 1.43 bits per heavy atom. The number of nitrogens with zero attached hydrogens (tertiary/aromatic N) is 2. The van der Waals surface area contributed by atoms with Gasteiger partial charge in [0.15, 0.2) is 0 Å². The van der Waals surface area contributed by atoms with E-state index in [4.69, 9.17) is 0 Å². The van der Waals surface area contributed by atoms with Crippen LogP contribution in [-0.2, 0) is 0 Å². The lowest BCUT2D eigenvalue weighted by atomic mass is 10.2. The van der Waals surface area contributed by atoms with Crippen LogP contribution in [0.2, 0.25) is 0 Å². The Hall–Kier alpha value is -1.23. The van der Waals surface area contributed by atoms with Crippen LogP contribution in [0.25, 0.3) is 0 Å². The molecule has 1 aliphatic rings. The van der Waals surface area contributed by atoms with Gasteiger partial charge in [-0.25, -0.2) is 0 Å². The average molecular weight is 307 g/mol. The molecule has 0 bridgehead atoms. The molecule has 4 nitrogen and oxygen atoms in total. The van der Waals surface area contributed by atoms with Crippen molar-refractivity contribution in [1.82, 2.24) is 9.88 Å². The van der Waals surface area contributed by atoms with E-state index in [2.05, 4.69) is 16.6 Å². The molecule has 1 aliphatic carbocycles. The molecular formula is C16H25N3OS. The van der Waals surface area contributed by atoms with Gasteiger partial charge in [0.25, 0.3) is 5.91 Å². The second kappa shape index (κ2) is 7.69. The predicted octanol–water partition coefficient (Wildman–Crippen LogP) is 3.26. The second-order valence-electron chi connectivity index (χ2n) is 5.36. The minimum atomic E-state index is 0.0106. The highest BCUT2D eigenvalue weighted by Crippen LogP contribution is 2.30. The summed E-state index contributed by atoms with van der Waals surface area (Å²) in [5.41, 5.74) is 1.54. The molecule has 5 heteroatoms. The zero-order valence-corrected chi connectivity index (χ0v) is 13.9. The van der Waals surface area contributed by atoms with Gasteiger partial charge in [-0.15, -0.1) is 0 Å². The third kappa shape index (κ3) is 3.90. The first-order valence-corrected chi connectivity index (χ1v) is 9.03. The van der Waals surface area contributed by atoms with E-state index in [1.54, 1.807) is 11.1 Å². The van der Waals surface area contributed by atoms with Crippen molar-refractivity contribution >= 4 is 23.4 Å². The maximum absolute atomic E-state index is 12.3. The smallest absolute Gasteiger partial charge is 0.272 e. The number of amides is 1. The van der Waals surface area contributed by atoms with Gasteiger partial charge < -0.3 is 10.2 Å². The highest BCUT2D eigenvalue weighted by molar-refractivity contribution is 7.99. The zero-order chi connectivity index (χ0) is 15.2. The zero-order valence-electron chi connectivity index (χ0n) is 13.1. The number of nitrogens with one attached hydrogen (secondary N) is 1. The summed E-state index contributed by atoms with van der Waals surface area (Å²) in [6.07, 6.45) is 7.65. The van der Waals surface area contributed by atoms with Crippen molar-refractivity contribution in [1.29, 1.82) is 0 Å². The Bertz CT molecular complexity index is 476. The molecule has 1 heterocycles. The molecular weight excluding hydrogens is 282 g/mol. The van der Waals surface area contributed by atoms with Crippen molar-refractivity contribution in [2.45, 2.75) is 44.4 Å². The summed E-state index contributed by atoms with van der Waals surface area (Å²) in [7, 11) is 0. The maximum Gasteiger partial charge on any atom is 0.272 e. The third-order valence-electron chi connectivity index (χ3n) is 4.14. The Morgan fingerprint density at radius 2 is 2.19 bits per heavy atom. The van der Waals surface area contributed by atoms with E-state index >= 15 is 0 Å². The Kier molecular flexibility index (Phi) is 5.91. The van der Waals surface area contributed by atoms with Gasteiger partial charge in [0, 0.05) is 36.3 Å². The molecule has 0 aliphatic heterocycles.